The van der Waals surface area contributed by atoms with Gasteiger partial charge in [0, 0.05) is 31.0 Å². The van der Waals surface area contributed by atoms with E-state index in [1.165, 1.54) is 10.4 Å². The summed E-state index contributed by atoms with van der Waals surface area (Å²) >= 11 is 1.73. The number of aliphatic imine (C=N–C) groups is 1. The normalized spacial score (nSPS) is 20.7. The van der Waals surface area contributed by atoms with Crippen LogP contribution < -0.4 is 10.6 Å². The van der Waals surface area contributed by atoms with Gasteiger partial charge in [0.15, 0.2) is 5.96 Å². The minimum Gasteiger partial charge on any atom is -0.373 e. The van der Waals surface area contributed by atoms with Crippen molar-refractivity contribution < 1.29 is 4.74 Å². The van der Waals surface area contributed by atoms with Crippen LogP contribution >= 0.6 is 11.3 Å². The van der Waals surface area contributed by atoms with Crippen LogP contribution in [0.15, 0.2) is 35.3 Å². The van der Waals surface area contributed by atoms with Gasteiger partial charge in [0.1, 0.15) is 0 Å². The zero-order valence-corrected chi connectivity index (χ0v) is 15.9. The smallest absolute Gasteiger partial charge is 0.191 e. The van der Waals surface area contributed by atoms with Gasteiger partial charge in [-0.15, -0.1) is 11.3 Å². The van der Waals surface area contributed by atoms with Crippen molar-refractivity contribution in [3.05, 3.63) is 51.5 Å². The van der Waals surface area contributed by atoms with Gasteiger partial charge in [-0.25, -0.2) is 4.98 Å². The predicted octanol–water partition coefficient (Wildman–Crippen LogP) is 3.20. The van der Waals surface area contributed by atoms with Gasteiger partial charge < -0.3 is 15.4 Å². The Kier molecular flexibility index (Phi) is 6.04. The summed E-state index contributed by atoms with van der Waals surface area (Å²) in [7, 11) is 1.81. The van der Waals surface area contributed by atoms with Gasteiger partial charge in [0.25, 0.3) is 0 Å². The average Bonchev–Trinajstić information content (AvgIpc) is 3.22. The van der Waals surface area contributed by atoms with E-state index in [0.717, 1.165) is 42.8 Å². The first-order valence-electron chi connectivity index (χ1n) is 8.71. The van der Waals surface area contributed by atoms with E-state index in [1.54, 1.807) is 18.4 Å². The van der Waals surface area contributed by atoms with E-state index in [9.17, 15) is 0 Å². The standard InChI is InChI=1S/C19H26N4OS/c1-13-17(25-14(2)23-13)12-22-19(20-3)21-11-16-9-10-24-18(16)15-7-5-4-6-8-15/h4-8,16,18H,9-12H2,1-3H3,(H2,20,21,22). The van der Waals surface area contributed by atoms with Gasteiger partial charge in [-0.05, 0) is 25.8 Å². The van der Waals surface area contributed by atoms with Crippen LogP contribution in [0.1, 0.15) is 33.7 Å². The van der Waals surface area contributed by atoms with Crippen LogP contribution in [0.3, 0.4) is 0 Å². The molecule has 0 bridgehead atoms. The van der Waals surface area contributed by atoms with Crippen LogP contribution in [0.2, 0.25) is 0 Å². The van der Waals surface area contributed by atoms with E-state index < -0.39 is 0 Å². The third-order valence-corrected chi connectivity index (χ3v) is 5.59. The van der Waals surface area contributed by atoms with E-state index in [4.69, 9.17) is 4.74 Å². The fourth-order valence-electron chi connectivity index (χ4n) is 3.20. The first kappa shape index (κ1) is 17.9. The van der Waals surface area contributed by atoms with Crippen LogP contribution in [0.4, 0.5) is 0 Å². The molecule has 2 unspecified atom stereocenters. The summed E-state index contributed by atoms with van der Waals surface area (Å²) < 4.78 is 5.96. The number of aryl methyl sites for hydroxylation is 2. The van der Waals surface area contributed by atoms with Crippen molar-refractivity contribution in [2.45, 2.75) is 32.9 Å². The SMILES string of the molecule is CN=C(NCc1sc(C)nc1C)NCC1CCOC1c1ccccc1. The first-order valence-corrected chi connectivity index (χ1v) is 9.53. The Hall–Kier alpha value is -1.92. The maximum Gasteiger partial charge on any atom is 0.191 e. The molecule has 3 rings (SSSR count). The summed E-state index contributed by atoms with van der Waals surface area (Å²) in [6.07, 6.45) is 1.23. The molecule has 134 valence electrons. The van der Waals surface area contributed by atoms with Gasteiger partial charge in [-0.3, -0.25) is 4.99 Å². The molecule has 2 N–H and O–H groups in total. The minimum atomic E-state index is 0.165. The topological polar surface area (TPSA) is 58.5 Å². The number of rotatable bonds is 5. The number of nitrogens with one attached hydrogen (secondary N) is 2. The van der Waals surface area contributed by atoms with Crippen molar-refractivity contribution in [1.29, 1.82) is 0 Å². The molecule has 0 spiro atoms. The highest BCUT2D eigenvalue weighted by atomic mass is 32.1. The Balaban J connectivity index is 1.53. The lowest BCUT2D eigenvalue weighted by atomic mass is 9.95. The Morgan fingerprint density at radius 3 is 2.76 bits per heavy atom. The van der Waals surface area contributed by atoms with E-state index in [2.05, 4.69) is 51.8 Å². The number of hydrogen-bond donors (Lipinski definition) is 2. The predicted molar refractivity (Wildman–Crippen MR) is 103 cm³/mol. The summed E-state index contributed by atoms with van der Waals surface area (Å²) in [6, 6.07) is 10.5. The second kappa shape index (κ2) is 8.45. The maximum atomic E-state index is 5.96. The van der Waals surface area contributed by atoms with Gasteiger partial charge in [-0.2, -0.15) is 0 Å². The quantitative estimate of drug-likeness (QED) is 0.636. The molecule has 1 aliphatic rings. The molecule has 6 heteroatoms. The highest BCUT2D eigenvalue weighted by Crippen LogP contribution is 2.33. The van der Waals surface area contributed by atoms with E-state index >= 15 is 0 Å². The molecule has 0 saturated carbocycles. The molecular weight excluding hydrogens is 332 g/mol. The first-order chi connectivity index (χ1) is 12.2. The number of guanidine groups is 1. The number of ether oxygens (including phenoxy) is 1. The second-order valence-corrected chi connectivity index (χ2v) is 7.59. The largest absolute Gasteiger partial charge is 0.373 e. The number of aromatic nitrogens is 1. The monoisotopic (exact) mass is 358 g/mol. The summed E-state index contributed by atoms with van der Waals surface area (Å²) in [4.78, 5) is 10.1. The molecule has 1 saturated heterocycles. The van der Waals surface area contributed by atoms with E-state index in [0.29, 0.717) is 5.92 Å². The Morgan fingerprint density at radius 2 is 2.08 bits per heavy atom. The summed E-state index contributed by atoms with van der Waals surface area (Å²) in [5.41, 5.74) is 2.35. The fraction of sp³-hybridized carbons (Fsp3) is 0.474. The number of hydrogen-bond acceptors (Lipinski definition) is 4. The van der Waals surface area contributed by atoms with Crippen molar-refractivity contribution in [2.24, 2.45) is 10.9 Å². The van der Waals surface area contributed by atoms with Crippen molar-refractivity contribution in [3.8, 4) is 0 Å². The minimum absolute atomic E-state index is 0.165. The van der Waals surface area contributed by atoms with Crippen LogP contribution in [0.5, 0.6) is 0 Å². The lowest BCUT2D eigenvalue weighted by Gasteiger charge is -2.20. The van der Waals surface area contributed by atoms with Crippen LogP contribution in [-0.2, 0) is 11.3 Å². The molecule has 1 aliphatic heterocycles. The summed E-state index contributed by atoms with van der Waals surface area (Å²) in [5, 5.41) is 7.94. The van der Waals surface area contributed by atoms with Crippen molar-refractivity contribution in [2.75, 3.05) is 20.2 Å². The van der Waals surface area contributed by atoms with Crippen LogP contribution in [-0.4, -0.2) is 31.1 Å². The molecule has 0 amide bonds. The molecule has 1 aromatic heterocycles. The molecule has 2 atom stereocenters. The van der Waals surface area contributed by atoms with Crippen LogP contribution in [0, 0.1) is 19.8 Å². The second-order valence-electron chi connectivity index (χ2n) is 6.30. The lowest BCUT2D eigenvalue weighted by Crippen LogP contribution is -2.39. The van der Waals surface area contributed by atoms with Crippen molar-refractivity contribution in [1.82, 2.24) is 15.6 Å². The fourth-order valence-corrected chi connectivity index (χ4v) is 4.08. The van der Waals surface area contributed by atoms with Gasteiger partial charge >= 0.3 is 0 Å². The molecule has 0 aliphatic carbocycles. The third kappa shape index (κ3) is 4.58. The maximum absolute atomic E-state index is 5.96. The zero-order valence-electron chi connectivity index (χ0n) is 15.1. The molecule has 25 heavy (non-hydrogen) atoms. The molecule has 1 aromatic carbocycles. The molecule has 2 aromatic rings. The van der Waals surface area contributed by atoms with Gasteiger partial charge in [-0.1, -0.05) is 30.3 Å². The van der Waals surface area contributed by atoms with Gasteiger partial charge in [0.2, 0.25) is 0 Å². The van der Waals surface area contributed by atoms with E-state index in [-0.39, 0.29) is 6.10 Å². The third-order valence-electron chi connectivity index (χ3n) is 4.51. The average molecular weight is 359 g/mol. The summed E-state index contributed by atoms with van der Waals surface area (Å²) in [5.74, 6) is 1.28. The molecule has 0 radical (unpaired) electrons. The van der Waals surface area contributed by atoms with Crippen molar-refractivity contribution in [3.63, 3.8) is 0 Å². The van der Waals surface area contributed by atoms with E-state index in [1.807, 2.05) is 13.0 Å². The Bertz CT molecular complexity index is 713. The molecular formula is C19H26N4OS. The highest BCUT2D eigenvalue weighted by molar-refractivity contribution is 7.11. The molecule has 1 fully saturated rings. The molecule has 2 heterocycles. The highest BCUT2D eigenvalue weighted by Gasteiger charge is 2.29. The number of nitrogens with zero attached hydrogens (tertiary/aromatic N) is 2. The van der Waals surface area contributed by atoms with Crippen molar-refractivity contribution >= 4 is 17.3 Å². The number of thiazole rings is 1. The number of benzene rings is 1. The molecule has 5 nitrogen and oxygen atoms in total. The van der Waals surface area contributed by atoms with Gasteiger partial charge in [0.05, 0.1) is 23.4 Å². The Labute approximate surface area is 153 Å². The van der Waals surface area contributed by atoms with Crippen LogP contribution in [0.25, 0.3) is 0 Å². The zero-order chi connectivity index (χ0) is 17.6. The summed E-state index contributed by atoms with van der Waals surface area (Å²) in [6.45, 7) is 6.51. The Morgan fingerprint density at radius 1 is 1.28 bits per heavy atom. The lowest BCUT2D eigenvalue weighted by molar-refractivity contribution is 0.0915.